The van der Waals surface area contributed by atoms with Crippen LogP contribution in [0.5, 0.6) is 0 Å². The largest absolute Gasteiger partial charge is 0.329 e. The minimum absolute atomic E-state index is 0.804. The molecule has 0 atom stereocenters. The van der Waals surface area contributed by atoms with E-state index in [1.54, 1.807) is 0 Å². The first kappa shape index (κ1) is 11.3. The van der Waals surface area contributed by atoms with Crippen LogP contribution in [0.15, 0.2) is 0 Å². The Balaban J connectivity index is 1.72. The Morgan fingerprint density at radius 3 is 2.33 bits per heavy atom. The summed E-state index contributed by atoms with van der Waals surface area (Å²) in [6.07, 6.45) is 2.67. The number of nitrogens with one attached hydrogen (secondary N) is 1. The van der Waals surface area contributed by atoms with Crippen molar-refractivity contribution in [1.29, 1.82) is 0 Å². The molecule has 3 N–H and O–H groups in total. The summed E-state index contributed by atoms with van der Waals surface area (Å²) in [6.45, 7) is 9.18. The molecule has 0 spiro atoms. The zero-order chi connectivity index (χ0) is 10.5. The standard InChI is InChI=1S/C11H24N4/c12-3-8-14-6-1-11(2-7-14)15-9-4-13-5-10-15/h11,13H,1-10,12H2. The number of hydrogen-bond acceptors (Lipinski definition) is 4. The molecular formula is C11H24N4. The van der Waals surface area contributed by atoms with Gasteiger partial charge < -0.3 is 16.0 Å². The third kappa shape index (κ3) is 3.14. The smallest absolute Gasteiger partial charge is 0.0121 e. The van der Waals surface area contributed by atoms with Crippen molar-refractivity contribution in [1.82, 2.24) is 15.1 Å². The molecule has 0 amide bonds. The number of hydrogen-bond donors (Lipinski definition) is 2. The van der Waals surface area contributed by atoms with Crippen LogP contribution in [-0.4, -0.2) is 68.2 Å². The van der Waals surface area contributed by atoms with Gasteiger partial charge >= 0.3 is 0 Å². The van der Waals surface area contributed by atoms with E-state index in [0.717, 1.165) is 19.1 Å². The highest BCUT2D eigenvalue weighted by Crippen LogP contribution is 2.16. The summed E-state index contributed by atoms with van der Waals surface area (Å²) in [5.41, 5.74) is 5.58. The van der Waals surface area contributed by atoms with Crippen molar-refractivity contribution >= 4 is 0 Å². The lowest BCUT2D eigenvalue weighted by atomic mass is 10.0. The van der Waals surface area contributed by atoms with Crippen molar-refractivity contribution in [3.05, 3.63) is 0 Å². The summed E-state index contributed by atoms with van der Waals surface area (Å²) in [5.74, 6) is 0. The molecule has 2 aliphatic rings. The average Bonchev–Trinajstić information content (AvgIpc) is 2.32. The minimum atomic E-state index is 0.804. The van der Waals surface area contributed by atoms with Gasteiger partial charge in [0.2, 0.25) is 0 Å². The van der Waals surface area contributed by atoms with Gasteiger partial charge in [0.1, 0.15) is 0 Å². The molecule has 2 rings (SSSR count). The van der Waals surface area contributed by atoms with Crippen molar-refractivity contribution < 1.29 is 0 Å². The first-order chi connectivity index (χ1) is 7.40. The van der Waals surface area contributed by atoms with E-state index in [9.17, 15) is 0 Å². The molecule has 0 aliphatic carbocycles. The van der Waals surface area contributed by atoms with Gasteiger partial charge in [-0.15, -0.1) is 0 Å². The van der Waals surface area contributed by atoms with E-state index < -0.39 is 0 Å². The van der Waals surface area contributed by atoms with Crippen LogP contribution in [0.25, 0.3) is 0 Å². The Kier molecular flexibility index (Phi) is 4.38. The van der Waals surface area contributed by atoms with Crippen LogP contribution in [0.2, 0.25) is 0 Å². The van der Waals surface area contributed by atoms with Crippen LogP contribution in [0.4, 0.5) is 0 Å². The van der Waals surface area contributed by atoms with Gasteiger partial charge in [-0.1, -0.05) is 0 Å². The molecule has 0 aromatic heterocycles. The predicted octanol–water partition coefficient (Wildman–Crippen LogP) is -0.685. The number of piperazine rings is 1. The van der Waals surface area contributed by atoms with E-state index in [4.69, 9.17) is 5.73 Å². The molecule has 0 saturated carbocycles. The van der Waals surface area contributed by atoms with Gasteiger partial charge in [-0.2, -0.15) is 0 Å². The lowest BCUT2D eigenvalue weighted by molar-refractivity contribution is 0.0993. The van der Waals surface area contributed by atoms with Gasteiger partial charge in [0.05, 0.1) is 0 Å². The van der Waals surface area contributed by atoms with Gasteiger partial charge in [0, 0.05) is 45.3 Å². The fourth-order valence-corrected chi connectivity index (χ4v) is 2.74. The van der Waals surface area contributed by atoms with Crippen molar-refractivity contribution in [3.63, 3.8) is 0 Å². The van der Waals surface area contributed by atoms with Crippen LogP contribution in [-0.2, 0) is 0 Å². The normalized spacial score (nSPS) is 27.0. The maximum Gasteiger partial charge on any atom is 0.0121 e. The number of piperidine rings is 1. The third-order valence-electron chi connectivity index (χ3n) is 3.67. The molecule has 2 aliphatic heterocycles. The third-order valence-corrected chi connectivity index (χ3v) is 3.67. The second-order valence-corrected chi connectivity index (χ2v) is 4.65. The molecule has 2 saturated heterocycles. The lowest BCUT2D eigenvalue weighted by Crippen LogP contribution is -2.52. The fraction of sp³-hybridized carbons (Fsp3) is 1.00. The Morgan fingerprint density at radius 1 is 1.07 bits per heavy atom. The Labute approximate surface area is 92.8 Å². The van der Waals surface area contributed by atoms with Crippen LogP contribution < -0.4 is 11.1 Å². The summed E-state index contributed by atoms with van der Waals surface area (Å²) in [6, 6.07) is 0.834. The van der Waals surface area contributed by atoms with Crippen LogP contribution in [0.3, 0.4) is 0 Å². The van der Waals surface area contributed by atoms with Crippen LogP contribution in [0, 0.1) is 0 Å². The zero-order valence-corrected chi connectivity index (χ0v) is 9.62. The fourth-order valence-electron chi connectivity index (χ4n) is 2.74. The average molecular weight is 212 g/mol. The number of likely N-dealkylation sites (tertiary alicyclic amines) is 1. The van der Waals surface area contributed by atoms with Gasteiger partial charge in [0.25, 0.3) is 0 Å². The number of nitrogens with zero attached hydrogens (tertiary/aromatic N) is 2. The molecule has 0 bridgehead atoms. The van der Waals surface area contributed by atoms with E-state index in [2.05, 4.69) is 15.1 Å². The molecule has 15 heavy (non-hydrogen) atoms. The molecule has 0 aromatic carbocycles. The summed E-state index contributed by atoms with van der Waals surface area (Å²) in [4.78, 5) is 5.16. The summed E-state index contributed by atoms with van der Waals surface area (Å²) >= 11 is 0. The number of nitrogens with two attached hydrogens (primary N) is 1. The van der Waals surface area contributed by atoms with E-state index in [1.807, 2.05) is 0 Å². The monoisotopic (exact) mass is 212 g/mol. The van der Waals surface area contributed by atoms with E-state index in [-0.39, 0.29) is 0 Å². The SMILES string of the molecule is NCCN1CCC(N2CCNCC2)CC1. The summed E-state index contributed by atoms with van der Waals surface area (Å²) in [7, 11) is 0. The molecule has 4 nitrogen and oxygen atoms in total. The van der Waals surface area contributed by atoms with Crippen LogP contribution in [0.1, 0.15) is 12.8 Å². The first-order valence-electron chi connectivity index (χ1n) is 6.27. The van der Waals surface area contributed by atoms with Crippen molar-refractivity contribution in [2.45, 2.75) is 18.9 Å². The summed E-state index contributed by atoms with van der Waals surface area (Å²) < 4.78 is 0. The molecular weight excluding hydrogens is 188 g/mol. The van der Waals surface area contributed by atoms with Crippen molar-refractivity contribution in [2.24, 2.45) is 5.73 Å². The topological polar surface area (TPSA) is 44.5 Å². The number of rotatable bonds is 3. The zero-order valence-electron chi connectivity index (χ0n) is 9.62. The van der Waals surface area contributed by atoms with Crippen molar-refractivity contribution in [3.8, 4) is 0 Å². The lowest BCUT2D eigenvalue weighted by Gasteiger charge is -2.40. The molecule has 0 radical (unpaired) electrons. The molecule has 0 aromatic rings. The second kappa shape index (κ2) is 5.80. The molecule has 88 valence electrons. The van der Waals surface area contributed by atoms with E-state index >= 15 is 0 Å². The Morgan fingerprint density at radius 2 is 1.73 bits per heavy atom. The molecule has 2 heterocycles. The molecule has 2 fully saturated rings. The second-order valence-electron chi connectivity index (χ2n) is 4.65. The maximum atomic E-state index is 5.58. The van der Waals surface area contributed by atoms with Crippen LogP contribution >= 0.6 is 0 Å². The predicted molar refractivity (Wildman–Crippen MR) is 63.0 cm³/mol. The highest BCUT2D eigenvalue weighted by molar-refractivity contribution is 4.82. The maximum absolute atomic E-state index is 5.58. The van der Waals surface area contributed by atoms with Gasteiger partial charge in [0.15, 0.2) is 0 Å². The molecule has 4 heteroatoms. The summed E-state index contributed by atoms with van der Waals surface area (Å²) in [5, 5.41) is 3.41. The van der Waals surface area contributed by atoms with E-state index in [0.29, 0.717) is 0 Å². The highest BCUT2D eigenvalue weighted by Gasteiger charge is 2.24. The van der Waals surface area contributed by atoms with Gasteiger partial charge in [-0.05, 0) is 25.9 Å². The highest BCUT2D eigenvalue weighted by atomic mass is 15.2. The van der Waals surface area contributed by atoms with Gasteiger partial charge in [-0.25, -0.2) is 0 Å². The minimum Gasteiger partial charge on any atom is -0.329 e. The van der Waals surface area contributed by atoms with E-state index in [1.165, 1.54) is 52.1 Å². The Hall–Kier alpha value is -0.160. The Bertz CT molecular complexity index is 171. The van der Waals surface area contributed by atoms with Crippen molar-refractivity contribution in [2.75, 3.05) is 52.4 Å². The van der Waals surface area contributed by atoms with Gasteiger partial charge in [-0.3, -0.25) is 4.90 Å². The molecule has 0 unspecified atom stereocenters. The first-order valence-corrected chi connectivity index (χ1v) is 6.27. The quantitative estimate of drug-likeness (QED) is 0.650.